The Kier molecular flexibility index (Phi) is 3.87. The molecule has 0 bridgehead atoms. The number of furan rings is 1. The Morgan fingerprint density at radius 2 is 1.89 bits per heavy atom. The lowest BCUT2D eigenvalue weighted by Gasteiger charge is -2.14. The zero-order chi connectivity index (χ0) is 13.1. The first-order valence-electron chi connectivity index (χ1n) is 6.42. The molecule has 0 saturated carbocycles. The van der Waals surface area contributed by atoms with E-state index >= 15 is 0 Å². The molecular weight excluding hydrogens is 222 g/mol. The molecule has 0 aliphatic carbocycles. The molecule has 0 spiro atoms. The Hall–Kier alpha value is -1.54. The molecular formula is C16H21NO. The van der Waals surface area contributed by atoms with E-state index < -0.39 is 0 Å². The fourth-order valence-electron chi connectivity index (χ4n) is 2.05. The van der Waals surface area contributed by atoms with Crippen LogP contribution in [0.2, 0.25) is 0 Å². The molecule has 2 heteroatoms. The van der Waals surface area contributed by atoms with E-state index in [9.17, 15) is 0 Å². The SMILES string of the molecule is Cc1ccc(C(C)NCc2cccc(C)c2C)o1. The molecule has 2 nitrogen and oxygen atoms in total. The van der Waals surface area contributed by atoms with Crippen LogP contribution in [0.4, 0.5) is 0 Å². The summed E-state index contributed by atoms with van der Waals surface area (Å²) in [4.78, 5) is 0. The highest BCUT2D eigenvalue weighted by Crippen LogP contribution is 2.18. The van der Waals surface area contributed by atoms with Crippen LogP contribution in [0.1, 0.15) is 41.2 Å². The topological polar surface area (TPSA) is 25.2 Å². The molecule has 1 aromatic carbocycles. The predicted molar refractivity (Wildman–Crippen MR) is 74.6 cm³/mol. The zero-order valence-electron chi connectivity index (χ0n) is 11.6. The van der Waals surface area contributed by atoms with Crippen LogP contribution in [0.5, 0.6) is 0 Å². The molecule has 1 unspecified atom stereocenters. The van der Waals surface area contributed by atoms with Gasteiger partial charge in [-0.1, -0.05) is 18.2 Å². The summed E-state index contributed by atoms with van der Waals surface area (Å²) in [6.45, 7) is 9.30. The third-order valence-electron chi connectivity index (χ3n) is 3.50. The number of rotatable bonds is 4. The standard InChI is InChI=1S/C16H21NO/c1-11-6-5-7-15(13(11)3)10-17-14(4)16-9-8-12(2)18-16/h5-9,14,17H,10H2,1-4H3. The molecule has 1 heterocycles. The van der Waals surface area contributed by atoms with Crippen LogP contribution in [-0.2, 0) is 6.54 Å². The predicted octanol–water partition coefficient (Wildman–Crippen LogP) is 4.06. The second-order valence-corrected chi connectivity index (χ2v) is 4.91. The summed E-state index contributed by atoms with van der Waals surface area (Å²) >= 11 is 0. The van der Waals surface area contributed by atoms with Gasteiger partial charge in [-0.3, -0.25) is 0 Å². The van der Waals surface area contributed by atoms with Crippen LogP contribution in [0, 0.1) is 20.8 Å². The summed E-state index contributed by atoms with van der Waals surface area (Å²) in [5.74, 6) is 1.96. The van der Waals surface area contributed by atoms with Gasteiger partial charge in [0.1, 0.15) is 11.5 Å². The van der Waals surface area contributed by atoms with Crippen molar-refractivity contribution < 1.29 is 4.42 Å². The van der Waals surface area contributed by atoms with E-state index in [1.165, 1.54) is 16.7 Å². The van der Waals surface area contributed by atoms with Crippen LogP contribution in [-0.4, -0.2) is 0 Å². The summed E-state index contributed by atoms with van der Waals surface area (Å²) in [7, 11) is 0. The van der Waals surface area contributed by atoms with E-state index in [-0.39, 0.29) is 6.04 Å². The van der Waals surface area contributed by atoms with E-state index in [1.54, 1.807) is 0 Å². The lowest BCUT2D eigenvalue weighted by Crippen LogP contribution is -2.18. The van der Waals surface area contributed by atoms with Crippen molar-refractivity contribution in [2.45, 2.75) is 40.3 Å². The highest BCUT2D eigenvalue weighted by molar-refractivity contribution is 5.33. The third kappa shape index (κ3) is 2.82. The largest absolute Gasteiger partial charge is 0.465 e. The van der Waals surface area contributed by atoms with Crippen LogP contribution in [0.25, 0.3) is 0 Å². The van der Waals surface area contributed by atoms with Gasteiger partial charge in [0.15, 0.2) is 0 Å². The molecule has 1 aromatic heterocycles. The lowest BCUT2D eigenvalue weighted by atomic mass is 10.0. The van der Waals surface area contributed by atoms with Gasteiger partial charge in [0, 0.05) is 6.54 Å². The Morgan fingerprint density at radius 3 is 2.56 bits per heavy atom. The van der Waals surface area contributed by atoms with Gasteiger partial charge in [-0.05, 0) is 56.5 Å². The molecule has 18 heavy (non-hydrogen) atoms. The van der Waals surface area contributed by atoms with Crippen molar-refractivity contribution in [2.75, 3.05) is 0 Å². The number of aryl methyl sites for hydroxylation is 2. The third-order valence-corrected chi connectivity index (χ3v) is 3.50. The maximum absolute atomic E-state index is 5.63. The summed E-state index contributed by atoms with van der Waals surface area (Å²) in [5.41, 5.74) is 4.06. The second kappa shape index (κ2) is 5.40. The van der Waals surface area contributed by atoms with Crippen molar-refractivity contribution in [1.29, 1.82) is 0 Å². The van der Waals surface area contributed by atoms with E-state index in [1.807, 2.05) is 19.1 Å². The molecule has 0 radical (unpaired) electrons. The van der Waals surface area contributed by atoms with Gasteiger partial charge in [0.2, 0.25) is 0 Å². The van der Waals surface area contributed by atoms with E-state index in [2.05, 4.69) is 44.3 Å². The Balaban J connectivity index is 2.01. The van der Waals surface area contributed by atoms with Crippen molar-refractivity contribution in [3.63, 3.8) is 0 Å². The molecule has 0 aliphatic rings. The fraction of sp³-hybridized carbons (Fsp3) is 0.375. The number of benzene rings is 1. The molecule has 0 fully saturated rings. The highest BCUT2D eigenvalue weighted by Gasteiger charge is 2.09. The highest BCUT2D eigenvalue weighted by atomic mass is 16.3. The minimum Gasteiger partial charge on any atom is -0.465 e. The van der Waals surface area contributed by atoms with Crippen LogP contribution in [0.3, 0.4) is 0 Å². The average molecular weight is 243 g/mol. The molecule has 0 saturated heterocycles. The normalized spacial score (nSPS) is 12.7. The summed E-state index contributed by atoms with van der Waals surface area (Å²) in [6.07, 6.45) is 0. The van der Waals surface area contributed by atoms with Gasteiger partial charge in [-0.25, -0.2) is 0 Å². The molecule has 2 aromatic rings. The van der Waals surface area contributed by atoms with Gasteiger partial charge in [-0.15, -0.1) is 0 Å². The van der Waals surface area contributed by atoms with Gasteiger partial charge in [-0.2, -0.15) is 0 Å². The van der Waals surface area contributed by atoms with E-state index in [0.717, 1.165) is 18.1 Å². The van der Waals surface area contributed by atoms with Crippen molar-refractivity contribution in [1.82, 2.24) is 5.32 Å². The zero-order valence-corrected chi connectivity index (χ0v) is 11.6. The smallest absolute Gasteiger partial charge is 0.120 e. The quantitative estimate of drug-likeness (QED) is 0.876. The molecule has 96 valence electrons. The molecule has 0 aliphatic heterocycles. The fourth-order valence-corrected chi connectivity index (χ4v) is 2.05. The van der Waals surface area contributed by atoms with Crippen LogP contribution >= 0.6 is 0 Å². The Morgan fingerprint density at radius 1 is 1.11 bits per heavy atom. The molecule has 2 rings (SSSR count). The molecule has 1 atom stereocenters. The van der Waals surface area contributed by atoms with Crippen molar-refractivity contribution in [3.8, 4) is 0 Å². The Labute approximate surface area is 109 Å². The first kappa shape index (κ1) is 12.9. The maximum Gasteiger partial charge on any atom is 0.120 e. The number of nitrogens with one attached hydrogen (secondary N) is 1. The first-order valence-corrected chi connectivity index (χ1v) is 6.42. The van der Waals surface area contributed by atoms with E-state index in [0.29, 0.717) is 0 Å². The monoisotopic (exact) mass is 243 g/mol. The second-order valence-electron chi connectivity index (χ2n) is 4.91. The molecule has 0 amide bonds. The van der Waals surface area contributed by atoms with Crippen LogP contribution in [0.15, 0.2) is 34.7 Å². The first-order chi connectivity index (χ1) is 8.58. The minimum absolute atomic E-state index is 0.235. The average Bonchev–Trinajstić information content (AvgIpc) is 2.77. The lowest BCUT2D eigenvalue weighted by molar-refractivity contribution is 0.415. The van der Waals surface area contributed by atoms with E-state index in [4.69, 9.17) is 4.42 Å². The van der Waals surface area contributed by atoms with Crippen LogP contribution < -0.4 is 5.32 Å². The van der Waals surface area contributed by atoms with Gasteiger partial charge in [0.05, 0.1) is 6.04 Å². The van der Waals surface area contributed by atoms with Crippen molar-refractivity contribution in [3.05, 3.63) is 58.5 Å². The number of hydrogen-bond acceptors (Lipinski definition) is 2. The summed E-state index contributed by atoms with van der Waals surface area (Å²) in [6, 6.07) is 10.7. The molecule has 1 N–H and O–H groups in total. The maximum atomic E-state index is 5.63. The van der Waals surface area contributed by atoms with Crippen molar-refractivity contribution >= 4 is 0 Å². The van der Waals surface area contributed by atoms with Gasteiger partial charge in [0.25, 0.3) is 0 Å². The van der Waals surface area contributed by atoms with Crippen molar-refractivity contribution in [2.24, 2.45) is 0 Å². The Bertz CT molecular complexity index is 528. The summed E-state index contributed by atoms with van der Waals surface area (Å²) in [5, 5.41) is 3.50. The van der Waals surface area contributed by atoms with Gasteiger partial charge < -0.3 is 9.73 Å². The minimum atomic E-state index is 0.235. The van der Waals surface area contributed by atoms with Gasteiger partial charge >= 0.3 is 0 Å². The number of hydrogen-bond donors (Lipinski definition) is 1. The summed E-state index contributed by atoms with van der Waals surface area (Å²) < 4.78 is 5.63.